The zero-order chi connectivity index (χ0) is 12.9. The molecule has 1 aromatic rings. The number of likely N-dealkylation sites (N-methyl/N-ethyl adjacent to an activating group) is 1. The third-order valence-corrected chi connectivity index (χ3v) is 3.69. The van der Waals surface area contributed by atoms with E-state index >= 15 is 0 Å². The van der Waals surface area contributed by atoms with Gasteiger partial charge >= 0.3 is 0 Å². The maximum atomic E-state index is 2.29. The molecular formula is C16H27N. The zero-order valence-corrected chi connectivity index (χ0v) is 12.1. The summed E-state index contributed by atoms with van der Waals surface area (Å²) in [5.41, 5.74) is 3.13. The van der Waals surface area contributed by atoms with Crippen molar-refractivity contribution >= 4 is 0 Å². The van der Waals surface area contributed by atoms with Gasteiger partial charge in [-0.1, -0.05) is 37.6 Å². The molecule has 0 heterocycles. The fourth-order valence-corrected chi connectivity index (χ4v) is 1.86. The molecule has 0 fully saturated rings. The Bertz CT molecular complexity index is 322. The van der Waals surface area contributed by atoms with Gasteiger partial charge in [0.1, 0.15) is 0 Å². The number of aryl methyl sites for hydroxylation is 1. The van der Waals surface area contributed by atoms with Crippen molar-refractivity contribution in [1.29, 1.82) is 0 Å². The minimum atomic E-state index is 0.227. The van der Waals surface area contributed by atoms with Gasteiger partial charge in [-0.05, 0) is 58.3 Å². The van der Waals surface area contributed by atoms with Gasteiger partial charge in [0.15, 0.2) is 0 Å². The van der Waals surface area contributed by atoms with E-state index in [0.29, 0.717) is 0 Å². The summed E-state index contributed by atoms with van der Waals surface area (Å²) < 4.78 is 0. The minimum Gasteiger partial charge on any atom is -0.304 e. The molecule has 17 heavy (non-hydrogen) atoms. The Hall–Kier alpha value is -0.820. The summed E-state index contributed by atoms with van der Waals surface area (Å²) in [6, 6.07) is 9.15. The Labute approximate surface area is 107 Å². The molecule has 0 saturated carbocycles. The van der Waals surface area contributed by atoms with Crippen LogP contribution < -0.4 is 0 Å². The largest absolute Gasteiger partial charge is 0.304 e. The molecule has 0 aliphatic heterocycles. The third kappa shape index (κ3) is 4.51. The van der Waals surface area contributed by atoms with E-state index in [1.807, 2.05) is 0 Å². The zero-order valence-electron chi connectivity index (χ0n) is 12.1. The lowest BCUT2D eigenvalue weighted by molar-refractivity contribution is 0.195. The fraction of sp³-hybridized carbons (Fsp3) is 0.625. The molecule has 1 aromatic carbocycles. The lowest BCUT2D eigenvalue weighted by Crippen LogP contribution is -2.40. The monoisotopic (exact) mass is 233 g/mol. The van der Waals surface area contributed by atoms with Crippen molar-refractivity contribution in [1.82, 2.24) is 4.90 Å². The first kappa shape index (κ1) is 14.2. The van der Waals surface area contributed by atoms with E-state index in [9.17, 15) is 0 Å². The van der Waals surface area contributed by atoms with E-state index in [1.165, 1.54) is 30.4 Å². The van der Waals surface area contributed by atoms with E-state index in [0.717, 1.165) is 6.42 Å². The van der Waals surface area contributed by atoms with E-state index in [2.05, 4.69) is 64.0 Å². The molecule has 0 aliphatic rings. The van der Waals surface area contributed by atoms with Crippen LogP contribution in [0.15, 0.2) is 24.3 Å². The van der Waals surface area contributed by atoms with Crippen LogP contribution in [0.2, 0.25) is 0 Å². The Morgan fingerprint density at radius 3 is 2.00 bits per heavy atom. The van der Waals surface area contributed by atoms with Gasteiger partial charge in [-0.2, -0.15) is 0 Å². The van der Waals surface area contributed by atoms with E-state index in [1.54, 1.807) is 0 Å². The second kappa shape index (κ2) is 6.20. The highest BCUT2D eigenvalue weighted by Crippen LogP contribution is 2.18. The van der Waals surface area contributed by atoms with Crippen molar-refractivity contribution in [2.45, 2.75) is 52.0 Å². The third-order valence-electron chi connectivity index (χ3n) is 3.69. The van der Waals surface area contributed by atoms with Crippen LogP contribution in [0.1, 0.15) is 44.7 Å². The molecule has 0 radical (unpaired) electrons. The quantitative estimate of drug-likeness (QED) is 0.720. The number of unbranched alkanes of at least 4 members (excludes halogenated alkanes) is 1. The van der Waals surface area contributed by atoms with Crippen molar-refractivity contribution in [2.75, 3.05) is 14.1 Å². The number of hydrogen-bond acceptors (Lipinski definition) is 1. The molecule has 0 unspecified atom stereocenters. The summed E-state index contributed by atoms with van der Waals surface area (Å²) in [4.78, 5) is 2.29. The average molecular weight is 233 g/mol. The SMILES string of the molecule is CCCCc1ccc(CC(C)(C)N(C)C)cc1. The van der Waals surface area contributed by atoms with Crippen LogP contribution in [0.5, 0.6) is 0 Å². The lowest BCUT2D eigenvalue weighted by Gasteiger charge is -2.32. The molecule has 1 nitrogen and oxygen atoms in total. The average Bonchev–Trinajstić information content (AvgIpc) is 2.27. The Kier molecular flexibility index (Phi) is 5.20. The Morgan fingerprint density at radius 1 is 1.00 bits per heavy atom. The summed E-state index contributed by atoms with van der Waals surface area (Å²) in [5.74, 6) is 0. The first-order valence-corrected chi connectivity index (χ1v) is 6.71. The fourth-order valence-electron chi connectivity index (χ4n) is 1.86. The molecule has 0 spiro atoms. The second-order valence-electron chi connectivity index (χ2n) is 5.80. The summed E-state index contributed by atoms with van der Waals surface area (Å²) in [6.45, 7) is 6.82. The summed E-state index contributed by atoms with van der Waals surface area (Å²) in [6.07, 6.45) is 4.89. The predicted molar refractivity (Wildman–Crippen MR) is 76.5 cm³/mol. The van der Waals surface area contributed by atoms with Gasteiger partial charge in [-0.3, -0.25) is 0 Å². The molecular weight excluding hydrogens is 206 g/mol. The summed E-state index contributed by atoms with van der Waals surface area (Å²) >= 11 is 0. The maximum Gasteiger partial charge on any atom is 0.0187 e. The van der Waals surface area contributed by atoms with Crippen LogP contribution in [-0.2, 0) is 12.8 Å². The minimum absolute atomic E-state index is 0.227. The second-order valence-corrected chi connectivity index (χ2v) is 5.80. The van der Waals surface area contributed by atoms with Crippen LogP contribution >= 0.6 is 0 Å². The van der Waals surface area contributed by atoms with Gasteiger partial charge in [-0.15, -0.1) is 0 Å². The molecule has 0 atom stereocenters. The van der Waals surface area contributed by atoms with Gasteiger partial charge in [0.25, 0.3) is 0 Å². The predicted octanol–water partition coefficient (Wildman–Crippen LogP) is 3.91. The number of rotatable bonds is 6. The molecule has 0 aromatic heterocycles. The van der Waals surface area contributed by atoms with Crippen molar-refractivity contribution in [3.8, 4) is 0 Å². The van der Waals surface area contributed by atoms with Gasteiger partial charge in [0, 0.05) is 5.54 Å². The van der Waals surface area contributed by atoms with Gasteiger partial charge in [-0.25, -0.2) is 0 Å². The normalized spacial score (nSPS) is 12.1. The van der Waals surface area contributed by atoms with Crippen LogP contribution in [-0.4, -0.2) is 24.5 Å². The summed E-state index contributed by atoms with van der Waals surface area (Å²) in [7, 11) is 4.30. The topological polar surface area (TPSA) is 3.24 Å². The number of benzene rings is 1. The molecule has 0 N–H and O–H groups in total. The smallest absolute Gasteiger partial charge is 0.0187 e. The van der Waals surface area contributed by atoms with E-state index in [4.69, 9.17) is 0 Å². The Balaban J connectivity index is 2.62. The summed E-state index contributed by atoms with van der Waals surface area (Å²) in [5, 5.41) is 0. The van der Waals surface area contributed by atoms with Crippen molar-refractivity contribution < 1.29 is 0 Å². The first-order valence-electron chi connectivity index (χ1n) is 6.71. The number of nitrogens with zero attached hydrogens (tertiary/aromatic N) is 1. The number of hydrogen-bond donors (Lipinski definition) is 0. The van der Waals surface area contributed by atoms with Crippen LogP contribution in [0.25, 0.3) is 0 Å². The molecule has 0 aliphatic carbocycles. The van der Waals surface area contributed by atoms with Crippen LogP contribution in [0, 0.1) is 0 Å². The molecule has 96 valence electrons. The van der Waals surface area contributed by atoms with Gasteiger partial charge < -0.3 is 4.90 Å². The van der Waals surface area contributed by atoms with Crippen LogP contribution in [0.4, 0.5) is 0 Å². The highest BCUT2D eigenvalue weighted by Gasteiger charge is 2.20. The molecule has 0 saturated heterocycles. The van der Waals surface area contributed by atoms with Crippen molar-refractivity contribution in [2.24, 2.45) is 0 Å². The van der Waals surface area contributed by atoms with E-state index in [-0.39, 0.29) is 5.54 Å². The standard InChI is InChI=1S/C16H27N/c1-6-7-8-14-9-11-15(12-10-14)13-16(2,3)17(4)5/h9-12H,6-8,13H2,1-5H3. The molecule has 1 heteroatoms. The van der Waals surface area contributed by atoms with Gasteiger partial charge in [0.05, 0.1) is 0 Å². The van der Waals surface area contributed by atoms with Crippen LogP contribution in [0.3, 0.4) is 0 Å². The van der Waals surface area contributed by atoms with Gasteiger partial charge in [0.2, 0.25) is 0 Å². The molecule has 1 rings (SSSR count). The van der Waals surface area contributed by atoms with E-state index < -0.39 is 0 Å². The first-order chi connectivity index (χ1) is 7.95. The molecule has 0 amide bonds. The highest BCUT2D eigenvalue weighted by atomic mass is 15.1. The lowest BCUT2D eigenvalue weighted by atomic mass is 9.93. The highest BCUT2D eigenvalue weighted by molar-refractivity contribution is 5.24. The van der Waals surface area contributed by atoms with Crippen molar-refractivity contribution in [3.63, 3.8) is 0 Å². The Morgan fingerprint density at radius 2 is 1.53 bits per heavy atom. The molecule has 0 bridgehead atoms. The van der Waals surface area contributed by atoms with Crippen molar-refractivity contribution in [3.05, 3.63) is 35.4 Å². The maximum absolute atomic E-state index is 2.29.